The number of carboxylic acid groups (broad SMARTS) is 2. The smallest absolute Gasteiger partial charge is 0.307 e. The van der Waals surface area contributed by atoms with E-state index in [-0.39, 0.29) is 52.9 Å². The molecule has 2 saturated carbocycles. The van der Waals surface area contributed by atoms with Crippen LogP contribution in [0.2, 0.25) is 0 Å². The number of aliphatic hydroxyl groups excluding tert-OH is 1. The minimum Gasteiger partial charge on any atom is -0.481 e. The highest BCUT2D eigenvalue weighted by Crippen LogP contribution is 2.58. The van der Waals surface area contributed by atoms with E-state index in [4.69, 9.17) is 5.11 Å². The van der Waals surface area contributed by atoms with Crippen molar-refractivity contribution in [3.8, 4) is 0 Å². The molecular formula is C31H45NO7. The van der Waals surface area contributed by atoms with Crippen molar-refractivity contribution in [2.75, 3.05) is 6.61 Å². The number of nitrogens with one attached hydrogen (secondary N) is 1. The number of carboxylic acids is 2. The summed E-state index contributed by atoms with van der Waals surface area (Å²) >= 11 is 0. The highest BCUT2D eigenvalue weighted by atomic mass is 16.4. The van der Waals surface area contributed by atoms with Crippen molar-refractivity contribution in [1.29, 1.82) is 0 Å². The average molecular weight is 544 g/mol. The summed E-state index contributed by atoms with van der Waals surface area (Å²) in [5, 5.41) is 29.6. The first-order valence-electron chi connectivity index (χ1n) is 14.3. The van der Waals surface area contributed by atoms with E-state index in [2.05, 4.69) is 50.4 Å². The number of imide groups is 1. The molecule has 0 aromatic carbocycles. The molecule has 1 aliphatic heterocycles. The summed E-state index contributed by atoms with van der Waals surface area (Å²) in [5.41, 5.74) is 0.492. The van der Waals surface area contributed by atoms with Crippen LogP contribution in [0.15, 0.2) is 36.0 Å². The first-order chi connectivity index (χ1) is 18.3. The van der Waals surface area contributed by atoms with Gasteiger partial charge in [0.15, 0.2) is 0 Å². The quantitative estimate of drug-likeness (QED) is 0.280. The molecule has 39 heavy (non-hydrogen) atoms. The number of hydrogen-bond acceptors (Lipinski definition) is 5. The van der Waals surface area contributed by atoms with Gasteiger partial charge in [0.1, 0.15) is 0 Å². The van der Waals surface area contributed by atoms with Crippen molar-refractivity contribution in [3.63, 3.8) is 0 Å². The van der Waals surface area contributed by atoms with Gasteiger partial charge in [0, 0.05) is 23.7 Å². The van der Waals surface area contributed by atoms with Gasteiger partial charge >= 0.3 is 11.9 Å². The van der Waals surface area contributed by atoms with Crippen molar-refractivity contribution in [2.24, 2.45) is 46.3 Å². The Hall–Kier alpha value is -2.74. The summed E-state index contributed by atoms with van der Waals surface area (Å²) in [4.78, 5) is 43.6. The number of rotatable bonds is 6. The minimum atomic E-state index is -0.656. The molecule has 0 aromatic rings. The zero-order chi connectivity index (χ0) is 29.0. The molecule has 0 aromatic heterocycles. The zero-order valence-corrected chi connectivity index (χ0v) is 23.7. The second-order valence-corrected chi connectivity index (χ2v) is 12.6. The van der Waals surface area contributed by atoms with Crippen molar-refractivity contribution in [1.82, 2.24) is 5.32 Å². The Kier molecular flexibility index (Phi) is 9.97. The van der Waals surface area contributed by atoms with Crippen LogP contribution < -0.4 is 5.32 Å². The van der Waals surface area contributed by atoms with Crippen LogP contribution in [0.4, 0.5) is 0 Å². The molecule has 2 fully saturated rings. The molecule has 7 rings (SSSR count). The molecule has 6 aliphatic carbocycles. The molecule has 7 atom stereocenters. The van der Waals surface area contributed by atoms with Crippen molar-refractivity contribution in [3.05, 3.63) is 36.0 Å². The molecule has 4 bridgehead atoms. The fraction of sp³-hybridized carbons (Fsp3) is 0.677. The molecule has 8 heteroatoms. The second-order valence-electron chi connectivity index (χ2n) is 12.6. The second kappa shape index (κ2) is 12.6. The molecule has 0 spiro atoms. The topological polar surface area (TPSA) is 141 Å². The molecule has 7 unspecified atom stereocenters. The van der Waals surface area contributed by atoms with E-state index in [0.29, 0.717) is 23.8 Å². The van der Waals surface area contributed by atoms with Crippen LogP contribution in [-0.2, 0) is 19.2 Å². The minimum absolute atomic E-state index is 0.0396. The van der Waals surface area contributed by atoms with Crippen LogP contribution >= 0.6 is 0 Å². The Balaban J connectivity index is 0.000000167. The van der Waals surface area contributed by atoms with Crippen LogP contribution in [0.25, 0.3) is 0 Å². The third-order valence-electron chi connectivity index (χ3n) is 9.56. The van der Waals surface area contributed by atoms with E-state index in [9.17, 15) is 29.4 Å². The van der Waals surface area contributed by atoms with Gasteiger partial charge in [-0.1, -0.05) is 52.0 Å². The number of carbonyl (C=O) groups excluding carboxylic acids is 2. The fourth-order valence-electron chi connectivity index (χ4n) is 7.28. The van der Waals surface area contributed by atoms with Crippen molar-refractivity contribution >= 4 is 23.8 Å². The number of amides is 2. The lowest BCUT2D eigenvalue weighted by Gasteiger charge is -2.54. The normalized spacial score (nSPS) is 33.9. The standard InChI is InChI=1S/C13H20O2.C12H18O3.C6H7NO2/c1-12(2,3)13-6-4-9(5-7-13)8-10(13)11(14)15;13-7-1-2-10-8-3-5-9(6-4-8)11(10)12(14)15;1-2-4-3-5(8)7-6(4)9/h4,6,9-10H,5,7-8H2,1-3H3,(H,14,15);3,5,8-11,13H,1-2,4,6-7H2,(H,14,15);3H,2H2,1H3,(H,7,8,9). The predicted molar refractivity (Wildman–Crippen MR) is 147 cm³/mol. The van der Waals surface area contributed by atoms with Crippen molar-refractivity contribution in [2.45, 2.75) is 79.1 Å². The van der Waals surface area contributed by atoms with Crippen LogP contribution in [0.1, 0.15) is 79.1 Å². The lowest BCUT2D eigenvalue weighted by molar-refractivity contribution is -0.153. The largest absolute Gasteiger partial charge is 0.481 e. The highest BCUT2D eigenvalue weighted by molar-refractivity contribution is 6.16. The number of allylic oxidation sites excluding steroid dienone is 4. The van der Waals surface area contributed by atoms with Gasteiger partial charge in [0.2, 0.25) is 0 Å². The Morgan fingerprint density at radius 2 is 1.69 bits per heavy atom. The number of aliphatic carboxylic acids is 2. The molecule has 7 aliphatic rings. The summed E-state index contributed by atoms with van der Waals surface area (Å²) in [6.07, 6.45) is 17.4. The summed E-state index contributed by atoms with van der Waals surface area (Å²) in [6, 6.07) is 0. The van der Waals surface area contributed by atoms with Gasteiger partial charge in [0.05, 0.1) is 11.8 Å². The monoisotopic (exact) mass is 543 g/mol. The van der Waals surface area contributed by atoms with E-state index in [1.165, 1.54) is 6.08 Å². The molecule has 2 amide bonds. The summed E-state index contributed by atoms with van der Waals surface area (Å²) in [5.74, 6) is -0.774. The maximum atomic E-state index is 11.4. The van der Waals surface area contributed by atoms with Gasteiger partial charge in [-0.25, -0.2) is 0 Å². The molecule has 8 nitrogen and oxygen atoms in total. The molecule has 0 radical (unpaired) electrons. The molecule has 4 N–H and O–H groups in total. The van der Waals surface area contributed by atoms with Crippen LogP contribution in [0, 0.1) is 46.3 Å². The van der Waals surface area contributed by atoms with E-state index < -0.39 is 11.9 Å². The third-order valence-corrected chi connectivity index (χ3v) is 9.56. The van der Waals surface area contributed by atoms with E-state index in [0.717, 1.165) is 44.9 Å². The van der Waals surface area contributed by atoms with E-state index in [1.54, 1.807) is 0 Å². The summed E-state index contributed by atoms with van der Waals surface area (Å²) < 4.78 is 0. The van der Waals surface area contributed by atoms with Gasteiger partial charge in [-0.15, -0.1) is 0 Å². The third kappa shape index (κ3) is 6.71. The SMILES string of the molecule is CC(C)(C)C12C=CC(CC1)CC2C(=O)O.CCC1=CC(=O)NC1=O.O=C(O)C1C2C=CC(CC2)C1CCCO. The first-order valence-corrected chi connectivity index (χ1v) is 14.3. The number of aliphatic hydroxyl groups is 1. The average Bonchev–Trinajstić information content (AvgIpc) is 3.25. The lowest BCUT2D eigenvalue weighted by atomic mass is 9.50. The van der Waals surface area contributed by atoms with E-state index >= 15 is 0 Å². The number of carbonyl (C=O) groups is 4. The zero-order valence-electron chi connectivity index (χ0n) is 23.7. The van der Waals surface area contributed by atoms with E-state index in [1.807, 2.05) is 6.92 Å². The Labute approximate surface area is 231 Å². The maximum Gasteiger partial charge on any atom is 0.307 e. The van der Waals surface area contributed by atoms with Crippen LogP contribution in [-0.4, -0.2) is 45.7 Å². The van der Waals surface area contributed by atoms with Crippen molar-refractivity contribution < 1.29 is 34.5 Å². The van der Waals surface area contributed by atoms with Gasteiger partial charge in [-0.2, -0.15) is 0 Å². The van der Waals surface area contributed by atoms with Gasteiger partial charge < -0.3 is 15.3 Å². The maximum absolute atomic E-state index is 11.4. The summed E-state index contributed by atoms with van der Waals surface area (Å²) in [7, 11) is 0. The molecule has 1 heterocycles. The van der Waals surface area contributed by atoms with Crippen LogP contribution in [0.3, 0.4) is 0 Å². The Morgan fingerprint density at radius 1 is 1.03 bits per heavy atom. The number of hydrogen-bond donors (Lipinski definition) is 4. The molecule has 0 saturated heterocycles. The van der Waals surface area contributed by atoms with Gasteiger partial charge in [-0.05, 0) is 80.5 Å². The predicted octanol–water partition coefficient (Wildman–Crippen LogP) is 4.74. The Bertz CT molecular complexity index is 1040. The molecular weight excluding hydrogens is 498 g/mol. The summed E-state index contributed by atoms with van der Waals surface area (Å²) in [6.45, 7) is 8.50. The first kappa shape index (κ1) is 30.8. The van der Waals surface area contributed by atoms with Gasteiger partial charge in [0.25, 0.3) is 11.8 Å². The Morgan fingerprint density at radius 3 is 2.08 bits per heavy atom. The van der Waals surface area contributed by atoms with Gasteiger partial charge in [-0.3, -0.25) is 24.5 Å². The molecule has 216 valence electrons. The number of fused-ring (bicyclic) bond motifs is 4. The lowest BCUT2D eigenvalue weighted by Crippen LogP contribution is -2.50. The fourth-order valence-corrected chi connectivity index (χ4v) is 7.28. The van der Waals surface area contributed by atoms with Crippen LogP contribution in [0.5, 0.6) is 0 Å². The highest BCUT2D eigenvalue weighted by Gasteiger charge is 2.54.